The van der Waals surface area contributed by atoms with Gasteiger partial charge in [-0.15, -0.1) is 0 Å². The highest BCUT2D eigenvalue weighted by Gasteiger charge is 2.41. The van der Waals surface area contributed by atoms with E-state index in [1.807, 2.05) is 12.1 Å². The van der Waals surface area contributed by atoms with Gasteiger partial charge in [-0.25, -0.2) is 13.4 Å². The molecule has 16 heteroatoms. The van der Waals surface area contributed by atoms with E-state index in [2.05, 4.69) is 146 Å². The molecule has 1 heterocycles. The first-order valence-electron chi connectivity index (χ1n) is 27.4. The molecule has 0 spiro atoms. The Labute approximate surface area is 478 Å². The van der Waals surface area contributed by atoms with Gasteiger partial charge >= 0.3 is 14.2 Å². The first-order chi connectivity index (χ1) is 38.0. The summed E-state index contributed by atoms with van der Waals surface area (Å²) >= 11 is 0. The molecule has 8 rings (SSSR count). The quantitative estimate of drug-likeness (QED) is 0.0141. The van der Waals surface area contributed by atoms with Crippen molar-refractivity contribution in [2.24, 2.45) is 0 Å². The zero-order valence-electron chi connectivity index (χ0n) is 47.5. The Morgan fingerprint density at radius 1 is 0.679 bits per heavy atom. The van der Waals surface area contributed by atoms with E-state index in [1.165, 1.54) is 57.9 Å². The van der Waals surface area contributed by atoms with Gasteiger partial charge in [-0.1, -0.05) is 88.3 Å². The lowest BCUT2D eigenvalue weighted by Gasteiger charge is -2.38. The number of halogens is 2. The fourth-order valence-electron chi connectivity index (χ4n) is 11.3. The molecule has 1 aliphatic heterocycles. The SMILES string of the molecule is C.C=C(C)C(=O)CCCCN(Cc1cc(F)ccc1B(O)O)Cc1c2ccccc2c(CN(CCCNC(=O)C(=C)C)Cc2cc(F)ccc2B(O)O)c2ccc(C3=C4C=CC(=[N+](C)C)C=C4[Si](C)(C)c4cc(N(C)C)ccc43)cc12. The predicted octanol–water partition coefficient (Wildman–Crippen LogP) is 8.21. The summed E-state index contributed by atoms with van der Waals surface area (Å²) < 4.78 is 32.5. The van der Waals surface area contributed by atoms with Gasteiger partial charge in [-0.3, -0.25) is 19.4 Å². The van der Waals surface area contributed by atoms with Gasteiger partial charge in [-0.05, 0) is 181 Å². The predicted molar refractivity (Wildman–Crippen MR) is 333 cm³/mol. The lowest BCUT2D eigenvalue weighted by Crippen LogP contribution is -2.49. The van der Waals surface area contributed by atoms with Crippen LogP contribution in [0.3, 0.4) is 0 Å². The number of amides is 1. The molecular formula is C65H78B2F2N5O6Si+. The minimum Gasteiger partial charge on any atom is -0.423 e. The number of Topliss-reactive ketones (excluding diaryl/α,β-unsaturated/α-hetero) is 1. The molecule has 0 fully saturated rings. The van der Waals surface area contributed by atoms with Crippen molar-refractivity contribution >= 4 is 88.6 Å². The van der Waals surface area contributed by atoms with Crippen molar-refractivity contribution in [2.75, 3.05) is 52.7 Å². The van der Waals surface area contributed by atoms with Gasteiger partial charge in [0.05, 0.1) is 0 Å². The zero-order chi connectivity index (χ0) is 57.7. The molecule has 1 amide bonds. The number of allylic oxidation sites excluding steroid dienone is 6. The van der Waals surface area contributed by atoms with Crippen LogP contribution in [0.5, 0.6) is 0 Å². The third-order valence-corrected chi connectivity index (χ3v) is 19.2. The third kappa shape index (κ3) is 13.9. The summed E-state index contributed by atoms with van der Waals surface area (Å²) in [4.78, 5) is 31.9. The number of hydrogen-bond donors (Lipinski definition) is 5. The molecule has 11 nitrogen and oxygen atoms in total. The first kappa shape index (κ1) is 61.7. The van der Waals surface area contributed by atoms with Crippen LogP contribution in [0, 0.1) is 11.6 Å². The maximum Gasteiger partial charge on any atom is 0.488 e. The molecule has 0 unspecified atom stereocenters. The summed E-state index contributed by atoms with van der Waals surface area (Å²) in [6.07, 6.45) is 8.85. The van der Waals surface area contributed by atoms with Gasteiger partial charge in [0.25, 0.3) is 0 Å². The largest absolute Gasteiger partial charge is 0.488 e. The molecule has 0 saturated carbocycles. The molecule has 0 bridgehead atoms. The van der Waals surface area contributed by atoms with Crippen LogP contribution >= 0.6 is 0 Å². The Morgan fingerprint density at radius 3 is 1.79 bits per heavy atom. The summed E-state index contributed by atoms with van der Waals surface area (Å²) in [6, 6.07) is 29.6. The number of benzene rings is 6. The van der Waals surface area contributed by atoms with E-state index in [-0.39, 0.29) is 43.1 Å². The third-order valence-electron chi connectivity index (χ3n) is 15.7. The maximum atomic E-state index is 15.2. The molecule has 422 valence electrons. The molecule has 6 aromatic rings. The van der Waals surface area contributed by atoms with E-state index in [4.69, 9.17) is 0 Å². The van der Waals surface area contributed by atoms with Gasteiger partial charge in [0, 0.05) is 83.2 Å². The molecule has 5 N–H and O–H groups in total. The highest BCUT2D eigenvalue weighted by molar-refractivity contribution is 6.98. The van der Waals surface area contributed by atoms with Crippen LogP contribution in [0.2, 0.25) is 13.1 Å². The van der Waals surface area contributed by atoms with E-state index in [9.17, 15) is 29.7 Å². The van der Waals surface area contributed by atoms with E-state index in [1.54, 1.807) is 13.8 Å². The summed E-state index contributed by atoms with van der Waals surface area (Å²) in [7, 11) is 2.26. The number of hydrogen-bond acceptors (Lipinski definition) is 9. The number of nitrogens with one attached hydrogen (secondary N) is 1. The van der Waals surface area contributed by atoms with E-state index < -0.39 is 33.9 Å². The van der Waals surface area contributed by atoms with Crippen LogP contribution in [0.4, 0.5) is 14.5 Å². The second-order valence-electron chi connectivity index (χ2n) is 22.4. The van der Waals surface area contributed by atoms with E-state index >= 15 is 8.78 Å². The van der Waals surface area contributed by atoms with Crippen molar-refractivity contribution in [1.82, 2.24) is 15.1 Å². The second kappa shape index (κ2) is 26.4. The molecular weight excluding hydrogens is 1030 g/mol. The van der Waals surface area contributed by atoms with Gasteiger partial charge in [0.15, 0.2) is 11.5 Å². The standard InChI is InChI=1S/C64H73B2F2N5O6Si.CH4/c1-41(2)60(74)18-13-14-30-72(37-44-32-46(67)20-27-58(44)65(76)77)40-57-51-17-12-11-16-50(51)56(39-73(31-15-29-69-64(75)42(3)4)38-45-33-47(68)21-28-59(45)66(78)79)52-24-19-43(34-55(52)57)63-53-25-22-48(70(5)6)35-61(53)80(9,10)62-36-49(71(7)8)23-26-54(62)63;/h11-12,16-17,19-28,32-36,76-79H,1,3,13-15,18,29-31,37-40H2,2,4-10H3;1H4/p+1. The minimum absolute atomic E-state index is 0. The monoisotopic (exact) mass is 1110 g/mol. The molecule has 0 radical (unpaired) electrons. The molecule has 6 aromatic carbocycles. The summed E-state index contributed by atoms with van der Waals surface area (Å²) in [5, 5.41) is 51.6. The molecule has 0 saturated heterocycles. The fourth-order valence-corrected chi connectivity index (χ4v) is 14.4. The zero-order valence-corrected chi connectivity index (χ0v) is 48.5. The Hall–Kier alpha value is -6.88. The Bertz CT molecular complexity index is 3550. The number of anilines is 1. The van der Waals surface area contributed by atoms with Crippen LogP contribution in [0.25, 0.3) is 27.1 Å². The van der Waals surface area contributed by atoms with Crippen molar-refractivity contribution in [2.45, 2.75) is 86.2 Å². The van der Waals surface area contributed by atoms with Crippen molar-refractivity contribution in [1.29, 1.82) is 0 Å². The number of rotatable bonds is 23. The summed E-state index contributed by atoms with van der Waals surface area (Å²) in [5.41, 5.74) is 10.8. The molecule has 0 atom stereocenters. The van der Waals surface area contributed by atoms with E-state index in [0.717, 1.165) is 55.2 Å². The smallest absolute Gasteiger partial charge is 0.423 e. The summed E-state index contributed by atoms with van der Waals surface area (Å²) in [6.45, 7) is 18.1. The number of unbranched alkanes of at least 4 members (excludes halogenated alkanes) is 1. The highest BCUT2D eigenvalue weighted by Crippen LogP contribution is 2.44. The van der Waals surface area contributed by atoms with Crippen molar-refractivity contribution in [3.05, 3.63) is 195 Å². The van der Waals surface area contributed by atoms with Crippen LogP contribution in [-0.2, 0) is 35.8 Å². The summed E-state index contributed by atoms with van der Waals surface area (Å²) in [5.74, 6) is -1.28. The van der Waals surface area contributed by atoms with Gasteiger partial charge in [0.2, 0.25) is 5.91 Å². The Kier molecular flexibility index (Phi) is 20.1. The van der Waals surface area contributed by atoms with E-state index in [0.29, 0.717) is 80.7 Å². The van der Waals surface area contributed by atoms with Crippen molar-refractivity contribution < 1.29 is 43.0 Å². The maximum absolute atomic E-state index is 15.2. The lowest BCUT2D eigenvalue weighted by molar-refractivity contribution is -0.462. The lowest BCUT2D eigenvalue weighted by atomic mass is 9.77. The topological polar surface area (TPSA) is 140 Å². The normalized spacial score (nSPS) is 13.5. The number of carbonyl (C=O) groups is 2. The van der Waals surface area contributed by atoms with Crippen LogP contribution in [0.1, 0.15) is 80.3 Å². The van der Waals surface area contributed by atoms with Crippen LogP contribution in [0.15, 0.2) is 150 Å². The average molecular weight is 1110 g/mol. The number of carbonyl (C=O) groups excluding carboxylic acids is 2. The molecule has 0 aromatic heterocycles. The van der Waals surface area contributed by atoms with Gasteiger partial charge < -0.3 is 30.3 Å². The fraction of sp³-hybridized carbons (Fsp3) is 0.308. The van der Waals surface area contributed by atoms with Crippen molar-refractivity contribution in [3.63, 3.8) is 0 Å². The van der Waals surface area contributed by atoms with Crippen LogP contribution in [-0.4, -0.2) is 122 Å². The molecule has 81 heavy (non-hydrogen) atoms. The number of ketones is 1. The molecule has 1 aliphatic carbocycles. The second-order valence-corrected chi connectivity index (χ2v) is 26.7. The molecule has 2 aliphatic rings. The van der Waals surface area contributed by atoms with Crippen LogP contribution < -0.4 is 26.3 Å². The number of fused-ring (bicyclic) bond motifs is 4. The minimum atomic E-state index is -2.32. The number of nitrogens with zero attached hydrogens (tertiary/aromatic N) is 4. The first-order valence-corrected chi connectivity index (χ1v) is 30.4. The van der Waals surface area contributed by atoms with Gasteiger partial charge in [-0.2, -0.15) is 0 Å². The Morgan fingerprint density at radius 2 is 1.25 bits per heavy atom. The van der Waals surface area contributed by atoms with Gasteiger partial charge in [0.1, 0.15) is 33.8 Å². The Balaban J connectivity index is 0.00000946. The highest BCUT2D eigenvalue weighted by atomic mass is 28.3. The average Bonchev–Trinajstić information content (AvgIpc) is 3.56. The van der Waals surface area contributed by atoms with Crippen molar-refractivity contribution in [3.8, 4) is 0 Å².